The van der Waals surface area contributed by atoms with Crippen LogP contribution in [0, 0.1) is 0 Å². The Labute approximate surface area is 135 Å². The number of hydrogen-bond acceptors (Lipinski definition) is 2. The molecule has 2 aromatic rings. The van der Waals surface area contributed by atoms with Gasteiger partial charge in [-0.3, -0.25) is 4.99 Å². The molecule has 0 atom stereocenters. The maximum Gasteiger partial charge on any atom is 0.0633 e. The van der Waals surface area contributed by atoms with Crippen molar-refractivity contribution in [1.29, 1.82) is 0 Å². The first-order valence-corrected chi connectivity index (χ1v) is 7.30. The molecule has 0 unspecified atom stereocenters. The Morgan fingerprint density at radius 1 is 0.905 bits per heavy atom. The summed E-state index contributed by atoms with van der Waals surface area (Å²) in [6.45, 7) is 3.96. The highest BCUT2D eigenvalue weighted by molar-refractivity contribution is 6.30. The van der Waals surface area contributed by atoms with E-state index in [9.17, 15) is 0 Å². The predicted molar refractivity (Wildman–Crippen MR) is 93.1 cm³/mol. The van der Waals surface area contributed by atoms with Gasteiger partial charge in [0.25, 0.3) is 0 Å². The van der Waals surface area contributed by atoms with Crippen molar-refractivity contribution < 1.29 is 0 Å². The van der Waals surface area contributed by atoms with Gasteiger partial charge in [-0.2, -0.15) is 0 Å². The molecule has 0 fully saturated rings. The highest BCUT2D eigenvalue weighted by Crippen LogP contribution is 2.17. The van der Waals surface area contributed by atoms with Crippen LogP contribution in [-0.4, -0.2) is 5.71 Å². The van der Waals surface area contributed by atoms with Gasteiger partial charge in [-0.25, -0.2) is 0 Å². The third-order valence-electron chi connectivity index (χ3n) is 2.74. The number of rotatable bonds is 4. The minimum atomic E-state index is 0.711. The maximum absolute atomic E-state index is 5.86. The largest absolute Gasteiger partial charge is 0.359 e. The van der Waals surface area contributed by atoms with Crippen LogP contribution in [0.15, 0.2) is 65.3 Å². The lowest BCUT2D eigenvalue weighted by molar-refractivity contribution is 1.37. The van der Waals surface area contributed by atoms with Crippen LogP contribution in [0.3, 0.4) is 0 Å². The van der Waals surface area contributed by atoms with Crippen molar-refractivity contribution >= 4 is 40.3 Å². The molecule has 0 aliphatic heterocycles. The zero-order valence-corrected chi connectivity index (χ0v) is 13.4. The third kappa shape index (κ3) is 5.25. The lowest BCUT2D eigenvalue weighted by Gasteiger charge is -2.06. The first kappa shape index (κ1) is 15.6. The van der Waals surface area contributed by atoms with E-state index >= 15 is 0 Å². The lowest BCUT2D eigenvalue weighted by atomic mass is 10.2. The van der Waals surface area contributed by atoms with Crippen molar-refractivity contribution in [3.8, 4) is 0 Å². The number of allylic oxidation sites excluding steroid dienone is 2. The quantitative estimate of drug-likeness (QED) is 0.676. The van der Waals surface area contributed by atoms with E-state index in [1.54, 1.807) is 0 Å². The SMILES string of the molecule is CC(/C=C(/C)Nc1ccc(Cl)cc1)=Nc1ccc(Cl)cc1. The predicted octanol–water partition coefficient (Wildman–Crippen LogP) is 6.10. The van der Waals surface area contributed by atoms with E-state index < -0.39 is 0 Å². The Hall–Kier alpha value is -1.77. The van der Waals surface area contributed by atoms with Gasteiger partial charge in [0, 0.05) is 27.1 Å². The molecule has 0 spiro atoms. The molecule has 0 saturated heterocycles. The summed E-state index contributed by atoms with van der Waals surface area (Å²) in [6, 6.07) is 15.0. The summed E-state index contributed by atoms with van der Waals surface area (Å²) in [5, 5.41) is 4.73. The van der Waals surface area contributed by atoms with Crippen LogP contribution in [0.4, 0.5) is 11.4 Å². The van der Waals surface area contributed by atoms with Crippen LogP contribution in [0.1, 0.15) is 13.8 Å². The van der Waals surface area contributed by atoms with E-state index in [0.717, 1.165) is 27.8 Å². The van der Waals surface area contributed by atoms with Crippen molar-refractivity contribution in [2.24, 2.45) is 4.99 Å². The second kappa shape index (κ2) is 7.30. The molecule has 2 aromatic carbocycles. The smallest absolute Gasteiger partial charge is 0.0633 e. The van der Waals surface area contributed by atoms with Crippen LogP contribution >= 0.6 is 23.2 Å². The highest BCUT2D eigenvalue weighted by Gasteiger charge is 1.96. The molecule has 0 amide bonds. The molecule has 0 aliphatic carbocycles. The average Bonchev–Trinajstić information content (AvgIpc) is 2.44. The summed E-state index contributed by atoms with van der Waals surface area (Å²) in [7, 11) is 0. The molecule has 0 bridgehead atoms. The number of hydrogen-bond donors (Lipinski definition) is 1. The summed E-state index contributed by atoms with van der Waals surface area (Å²) in [6.07, 6.45) is 1.99. The molecule has 0 aromatic heterocycles. The molecule has 2 rings (SSSR count). The van der Waals surface area contributed by atoms with E-state index in [4.69, 9.17) is 23.2 Å². The molecule has 1 N–H and O–H groups in total. The molecule has 0 saturated carbocycles. The van der Waals surface area contributed by atoms with Gasteiger partial charge in [-0.15, -0.1) is 0 Å². The van der Waals surface area contributed by atoms with E-state index in [0.29, 0.717) is 5.02 Å². The normalized spacial score (nSPS) is 12.4. The Morgan fingerprint density at radius 2 is 1.43 bits per heavy atom. The second-order valence-corrected chi connectivity index (χ2v) is 5.56. The fourth-order valence-corrected chi connectivity index (χ4v) is 2.11. The van der Waals surface area contributed by atoms with Gasteiger partial charge in [0.15, 0.2) is 0 Å². The van der Waals surface area contributed by atoms with Gasteiger partial charge >= 0.3 is 0 Å². The standard InChI is InChI=1S/C17H16Cl2N2/c1-12(20-16-7-3-14(18)4-8-16)11-13(2)21-17-9-5-15(19)6-10-17/h3-11,20H,1-2H3/b12-11-,21-13?. The monoisotopic (exact) mass is 318 g/mol. The summed E-state index contributed by atoms with van der Waals surface area (Å²) < 4.78 is 0. The zero-order valence-electron chi connectivity index (χ0n) is 11.9. The Kier molecular flexibility index (Phi) is 5.43. The number of anilines is 1. The minimum Gasteiger partial charge on any atom is -0.359 e. The van der Waals surface area contributed by atoms with Crippen LogP contribution < -0.4 is 5.32 Å². The van der Waals surface area contributed by atoms with Gasteiger partial charge in [0.05, 0.1) is 5.69 Å². The molecule has 0 radical (unpaired) electrons. The first-order valence-electron chi connectivity index (χ1n) is 6.55. The summed E-state index contributed by atoms with van der Waals surface area (Å²) in [5.41, 5.74) is 3.80. The minimum absolute atomic E-state index is 0.711. The molecule has 4 heteroatoms. The first-order chi connectivity index (χ1) is 10.0. The number of nitrogens with zero attached hydrogens (tertiary/aromatic N) is 1. The number of nitrogens with one attached hydrogen (secondary N) is 1. The van der Waals surface area contributed by atoms with Gasteiger partial charge in [-0.1, -0.05) is 23.2 Å². The number of halogens is 2. The van der Waals surface area contributed by atoms with Crippen LogP contribution in [0.25, 0.3) is 0 Å². The van der Waals surface area contributed by atoms with Crippen molar-refractivity contribution in [2.45, 2.75) is 13.8 Å². The van der Waals surface area contributed by atoms with E-state index in [-0.39, 0.29) is 0 Å². The molecule has 0 heterocycles. The Balaban J connectivity index is 2.06. The molecule has 2 nitrogen and oxygen atoms in total. The van der Waals surface area contributed by atoms with Crippen molar-refractivity contribution in [1.82, 2.24) is 0 Å². The van der Waals surface area contributed by atoms with Crippen molar-refractivity contribution in [3.63, 3.8) is 0 Å². The maximum atomic E-state index is 5.86. The fraction of sp³-hybridized carbons (Fsp3) is 0.118. The van der Waals surface area contributed by atoms with Crippen LogP contribution in [-0.2, 0) is 0 Å². The van der Waals surface area contributed by atoms with Gasteiger partial charge < -0.3 is 5.32 Å². The Bertz CT molecular complexity index is 656. The third-order valence-corrected chi connectivity index (χ3v) is 3.25. The van der Waals surface area contributed by atoms with E-state index in [1.807, 2.05) is 68.5 Å². The zero-order chi connectivity index (χ0) is 15.2. The summed E-state index contributed by atoms with van der Waals surface area (Å²) in [5.74, 6) is 0. The molecule has 21 heavy (non-hydrogen) atoms. The topological polar surface area (TPSA) is 24.4 Å². The van der Waals surface area contributed by atoms with Crippen molar-refractivity contribution in [3.05, 3.63) is 70.3 Å². The van der Waals surface area contributed by atoms with E-state index in [1.165, 1.54) is 0 Å². The molecule has 108 valence electrons. The lowest BCUT2D eigenvalue weighted by Crippen LogP contribution is -1.98. The second-order valence-electron chi connectivity index (χ2n) is 4.69. The van der Waals surface area contributed by atoms with Gasteiger partial charge in [0.1, 0.15) is 0 Å². The van der Waals surface area contributed by atoms with Crippen LogP contribution in [0.5, 0.6) is 0 Å². The summed E-state index contributed by atoms with van der Waals surface area (Å²) >= 11 is 11.7. The average molecular weight is 319 g/mol. The molecular formula is C17H16Cl2N2. The highest BCUT2D eigenvalue weighted by atomic mass is 35.5. The Morgan fingerprint density at radius 3 is 2.00 bits per heavy atom. The van der Waals surface area contributed by atoms with Gasteiger partial charge in [0.2, 0.25) is 0 Å². The fourth-order valence-electron chi connectivity index (χ4n) is 1.86. The molecule has 0 aliphatic rings. The molecular weight excluding hydrogens is 303 g/mol. The number of aliphatic imine (C=N–C) groups is 1. The summed E-state index contributed by atoms with van der Waals surface area (Å²) in [4.78, 5) is 4.52. The van der Waals surface area contributed by atoms with Crippen LogP contribution in [0.2, 0.25) is 10.0 Å². The van der Waals surface area contributed by atoms with Gasteiger partial charge in [-0.05, 0) is 68.5 Å². The van der Waals surface area contributed by atoms with Crippen molar-refractivity contribution in [2.75, 3.05) is 5.32 Å². The number of benzene rings is 2. The van der Waals surface area contributed by atoms with E-state index in [2.05, 4.69) is 10.3 Å².